The van der Waals surface area contributed by atoms with Crippen molar-refractivity contribution in [3.05, 3.63) is 47.9 Å². The fourth-order valence-electron chi connectivity index (χ4n) is 3.91. The first-order chi connectivity index (χ1) is 14.9. The van der Waals surface area contributed by atoms with Crippen LogP contribution in [0.3, 0.4) is 0 Å². The average Bonchev–Trinajstić information content (AvgIpc) is 3.46. The number of hydrogen-bond donors (Lipinski definition) is 1. The number of piperazine rings is 1. The summed E-state index contributed by atoms with van der Waals surface area (Å²) < 4.78 is 32.9. The normalized spacial score (nSPS) is 16.9. The van der Waals surface area contributed by atoms with Crippen molar-refractivity contribution in [3.63, 3.8) is 0 Å². The molecule has 0 spiro atoms. The summed E-state index contributed by atoms with van der Waals surface area (Å²) in [6.45, 7) is 4.16. The van der Waals surface area contributed by atoms with Crippen LogP contribution in [0.15, 0.2) is 45.9 Å². The maximum Gasteiger partial charge on any atom is 0.321 e. The zero-order valence-electron chi connectivity index (χ0n) is 17.4. The van der Waals surface area contributed by atoms with Crippen molar-refractivity contribution < 1.29 is 22.4 Å². The van der Waals surface area contributed by atoms with Crippen LogP contribution in [0.25, 0.3) is 0 Å². The molecule has 2 aliphatic heterocycles. The van der Waals surface area contributed by atoms with E-state index in [9.17, 15) is 18.0 Å². The van der Waals surface area contributed by atoms with E-state index in [2.05, 4.69) is 5.32 Å². The summed E-state index contributed by atoms with van der Waals surface area (Å²) in [7, 11) is -3.69. The van der Waals surface area contributed by atoms with Gasteiger partial charge in [-0.25, -0.2) is 13.2 Å². The molecule has 0 saturated carbocycles. The Balaban J connectivity index is 1.44. The highest BCUT2D eigenvalue weighted by molar-refractivity contribution is 7.89. The molecule has 9 nitrogen and oxygen atoms in total. The first kappa shape index (κ1) is 21.4. The Kier molecular flexibility index (Phi) is 6.01. The molecule has 10 heteroatoms. The molecular formula is C21H26N4O5S. The molecule has 2 aromatic rings. The molecule has 0 aliphatic carbocycles. The van der Waals surface area contributed by atoms with Crippen LogP contribution >= 0.6 is 0 Å². The van der Waals surface area contributed by atoms with Gasteiger partial charge in [0.1, 0.15) is 0 Å². The number of fused-ring (bicyclic) bond motifs is 1. The van der Waals surface area contributed by atoms with Gasteiger partial charge < -0.3 is 14.6 Å². The SMILES string of the molecule is CCCNC(=O)N1CCc2cc(S(=O)(=O)N3CCN(C(=O)c4ccco4)CC3)ccc21. The van der Waals surface area contributed by atoms with Crippen molar-refractivity contribution in [2.45, 2.75) is 24.7 Å². The Morgan fingerprint density at radius 1 is 1.10 bits per heavy atom. The second kappa shape index (κ2) is 8.72. The number of nitrogens with zero attached hydrogens (tertiary/aromatic N) is 3. The smallest absolute Gasteiger partial charge is 0.321 e. The summed E-state index contributed by atoms with van der Waals surface area (Å²) in [6, 6.07) is 8.02. The molecule has 4 rings (SSSR count). The van der Waals surface area contributed by atoms with E-state index in [-0.39, 0.29) is 35.7 Å². The average molecular weight is 447 g/mol. The van der Waals surface area contributed by atoms with E-state index in [1.165, 1.54) is 10.6 Å². The number of furan rings is 1. The zero-order valence-corrected chi connectivity index (χ0v) is 18.2. The number of nitrogens with one attached hydrogen (secondary N) is 1. The van der Waals surface area contributed by atoms with Crippen molar-refractivity contribution >= 4 is 27.6 Å². The standard InChI is InChI=1S/C21H26N4O5S/c1-2-8-22-21(27)25-9-7-16-15-17(5-6-18(16)25)31(28,29)24-12-10-23(11-13-24)20(26)19-4-3-14-30-19/h3-6,14-15H,2,7-13H2,1H3,(H,22,27). The molecule has 0 bridgehead atoms. The number of benzene rings is 1. The lowest BCUT2D eigenvalue weighted by atomic mass is 10.2. The second-order valence-electron chi connectivity index (χ2n) is 7.60. The van der Waals surface area contributed by atoms with E-state index in [0.717, 1.165) is 17.7 Å². The molecule has 0 atom stereocenters. The molecule has 3 heterocycles. The molecule has 2 aliphatic rings. The van der Waals surface area contributed by atoms with Gasteiger partial charge in [0, 0.05) is 45.0 Å². The summed E-state index contributed by atoms with van der Waals surface area (Å²) >= 11 is 0. The van der Waals surface area contributed by atoms with Crippen molar-refractivity contribution in [2.75, 3.05) is 44.2 Å². The number of rotatable bonds is 5. The zero-order chi connectivity index (χ0) is 22.0. The molecule has 1 N–H and O–H groups in total. The van der Waals surface area contributed by atoms with Gasteiger partial charge in [-0.05, 0) is 48.7 Å². The van der Waals surface area contributed by atoms with E-state index in [1.54, 1.807) is 40.1 Å². The fourth-order valence-corrected chi connectivity index (χ4v) is 5.39. The minimum Gasteiger partial charge on any atom is -0.459 e. The summed E-state index contributed by atoms with van der Waals surface area (Å²) in [5, 5.41) is 2.86. The van der Waals surface area contributed by atoms with Gasteiger partial charge >= 0.3 is 6.03 Å². The summed E-state index contributed by atoms with van der Waals surface area (Å²) in [6.07, 6.45) is 2.91. The Hall–Kier alpha value is -2.85. The van der Waals surface area contributed by atoms with Crippen LogP contribution < -0.4 is 10.2 Å². The third-order valence-electron chi connectivity index (χ3n) is 5.61. The topological polar surface area (TPSA) is 103 Å². The van der Waals surface area contributed by atoms with E-state index in [4.69, 9.17) is 4.42 Å². The van der Waals surface area contributed by atoms with Crippen LogP contribution in [0.5, 0.6) is 0 Å². The summed E-state index contributed by atoms with van der Waals surface area (Å²) in [4.78, 5) is 28.2. The highest BCUT2D eigenvalue weighted by Crippen LogP contribution is 2.31. The van der Waals surface area contributed by atoms with Gasteiger partial charge in [-0.15, -0.1) is 0 Å². The highest BCUT2D eigenvalue weighted by Gasteiger charge is 2.33. The van der Waals surface area contributed by atoms with E-state index >= 15 is 0 Å². The lowest BCUT2D eigenvalue weighted by Crippen LogP contribution is -2.50. The molecule has 3 amide bonds. The molecule has 1 aromatic heterocycles. The summed E-state index contributed by atoms with van der Waals surface area (Å²) in [5.74, 6) is 0.0171. The highest BCUT2D eigenvalue weighted by atomic mass is 32.2. The third kappa shape index (κ3) is 4.17. The fraction of sp³-hybridized carbons (Fsp3) is 0.429. The first-order valence-corrected chi connectivity index (χ1v) is 11.9. The predicted molar refractivity (Wildman–Crippen MR) is 115 cm³/mol. The van der Waals surface area contributed by atoms with Gasteiger partial charge in [0.05, 0.1) is 11.2 Å². The first-order valence-electron chi connectivity index (χ1n) is 10.4. The second-order valence-corrected chi connectivity index (χ2v) is 9.54. The Morgan fingerprint density at radius 3 is 2.55 bits per heavy atom. The lowest BCUT2D eigenvalue weighted by molar-refractivity contribution is 0.0666. The molecular weight excluding hydrogens is 420 g/mol. The van der Waals surface area contributed by atoms with Crippen LogP contribution in [0, 0.1) is 0 Å². The van der Waals surface area contributed by atoms with E-state index in [1.807, 2.05) is 6.92 Å². The number of carbonyl (C=O) groups is 2. The van der Waals surface area contributed by atoms with Gasteiger partial charge in [0.15, 0.2) is 5.76 Å². The third-order valence-corrected chi connectivity index (χ3v) is 7.51. The molecule has 1 aromatic carbocycles. The van der Waals surface area contributed by atoms with Crippen LogP contribution in [-0.4, -0.2) is 68.8 Å². The number of hydrogen-bond acceptors (Lipinski definition) is 5. The van der Waals surface area contributed by atoms with E-state index < -0.39 is 10.0 Å². The van der Waals surface area contributed by atoms with Crippen LogP contribution in [0.2, 0.25) is 0 Å². The van der Waals surface area contributed by atoms with Gasteiger partial charge in [-0.1, -0.05) is 6.92 Å². The molecule has 1 fully saturated rings. The largest absolute Gasteiger partial charge is 0.459 e. The van der Waals surface area contributed by atoms with Crippen LogP contribution in [0.1, 0.15) is 29.5 Å². The molecule has 166 valence electrons. The molecule has 0 unspecified atom stereocenters. The Morgan fingerprint density at radius 2 is 1.87 bits per heavy atom. The maximum atomic E-state index is 13.2. The number of anilines is 1. The monoisotopic (exact) mass is 446 g/mol. The Labute approximate surface area is 181 Å². The molecule has 0 radical (unpaired) electrons. The van der Waals surface area contributed by atoms with E-state index in [0.29, 0.717) is 32.6 Å². The van der Waals surface area contributed by atoms with Gasteiger partial charge in [-0.3, -0.25) is 9.69 Å². The predicted octanol–water partition coefficient (Wildman–Crippen LogP) is 1.91. The van der Waals surface area contributed by atoms with Crippen molar-refractivity contribution in [2.24, 2.45) is 0 Å². The van der Waals surface area contributed by atoms with Gasteiger partial charge in [-0.2, -0.15) is 4.31 Å². The number of sulfonamides is 1. The number of urea groups is 1. The quantitative estimate of drug-likeness (QED) is 0.756. The number of carbonyl (C=O) groups excluding carboxylic acids is 2. The lowest BCUT2D eigenvalue weighted by Gasteiger charge is -2.33. The summed E-state index contributed by atoms with van der Waals surface area (Å²) in [5.41, 5.74) is 1.60. The van der Waals surface area contributed by atoms with Crippen molar-refractivity contribution in [1.29, 1.82) is 0 Å². The van der Waals surface area contributed by atoms with Crippen LogP contribution in [0.4, 0.5) is 10.5 Å². The van der Waals surface area contributed by atoms with Crippen LogP contribution in [-0.2, 0) is 16.4 Å². The van der Waals surface area contributed by atoms with Crippen molar-refractivity contribution in [3.8, 4) is 0 Å². The van der Waals surface area contributed by atoms with Gasteiger partial charge in [0.2, 0.25) is 10.0 Å². The van der Waals surface area contributed by atoms with Gasteiger partial charge in [0.25, 0.3) is 5.91 Å². The van der Waals surface area contributed by atoms with Crippen molar-refractivity contribution in [1.82, 2.24) is 14.5 Å². The molecule has 1 saturated heterocycles. The Bertz CT molecular complexity index is 1060. The maximum absolute atomic E-state index is 13.2. The minimum absolute atomic E-state index is 0.159. The molecule has 31 heavy (non-hydrogen) atoms. The minimum atomic E-state index is -3.69. The number of amides is 3.